The molecule has 2 atom stereocenters. The van der Waals surface area contributed by atoms with Gasteiger partial charge in [-0.1, -0.05) is 12.8 Å². The molecule has 1 heterocycles. The van der Waals surface area contributed by atoms with Crippen LogP contribution < -0.4 is 5.32 Å². The highest BCUT2D eigenvalue weighted by molar-refractivity contribution is 7.92. The van der Waals surface area contributed by atoms with E-state index in [0.717, 1.165) is 19.4 Å². The van der Waals surface area contributed by atoms with Crippen molar-refractivity contribution in [3.05, 3.63) is 0 Å². The standard InChI is InChI=1S/C13H25NO3S/c1-11(9-14-12-5-2-3-6-12)18(15,16)10-13-7-4-8-17-13/h11-14H,2-10H2,1H3. The Morgan fingerprint density at radius 1 is 1.22 bits per heavy atom. The first-order valence-electron chi connectivity index (χ1n) is 7.14. The van der Waals surface area contributed by atoms with E-state index < -0.39 is 9.84 Å². The summed E-state index contributed by atoms with van der Waals surface area (Å²) in [5.41, 5.74) is 0. The van der Waals surface area contributed by atoms with Crippen molar-refractivity contribution in [3.63, 3.8) is 0 Å². The second-order valence-electron chi connectivity index (χ2n) is 5.66. The van der Waals surface area contributed by atoms with E-state index in [1.165, 1.54) is 25.7 Å². The van der Waals surface area contributed by atoms with Crippen LogP contribution in [0.1, 0.15) is 45.4 Å². The maximum atomic E-state index is 12.2. The van der Waals surface area contributed by atoms with Crippen molar-refractivity contribution in [1.29, 1.82) is 0 Å². The summed E-state index contributed by atoms with van der Waals surface area (Å²) in [6, 6.07) is 0.533. The minimum atomic E-state index is -3.02. The molecule has 0 aromatic carbocycles. The summed E-state index contributed by atoms with van der Waals surface area (Å²) >= 11 is 0. The van der Waals surface area contributed by atoms with Crippen LogP contribution in [0.5, 0.6) is 0 Å². The first-order valence-corrected chi connectivity index (χ1v) is 8.86. The number of sulfone groups is 1. The molecule has 0 bridgehead atoms. The summed E-state index contributed by atoms with van der Waals surface area (Å²) < 4.78 is 29.8. The Morgan fingerprint density at radius 2 is 1.94 bits per heavy atom. The van der Waals surface area contributed by atoms with Crippen LogP contribution in [0.2, 0.25) is 0 Å². The molecular formula is C13H25NO3S. The van der Waals surface area contributed by atoms with Gasteiger partial charge in [-0.2, -0.15) is 0 Å². The van der Waals surface area contributed by atoms with Gasteiger partial charge in [0.15, 0.2) is 9.84 Å². The van der Waals surface area contributed by atoms with Crippen molar-refractivity contribution >= 4 is 9.84 Å². The Hall–Kier alpha value is -0.130. The van der Waals surface area contributed by atoms with Crippen LogP contribution in [0, 0.1) is 0 Å². The summed E-state index contributed by atoms with van der Waals surface area (Å²) in [6.45, 7) is 3.11. The SMILES string of the molecule is CC(CNC1CCCC1)S(=O)(=O)CC1CCCO1. The number of rotatable bonds is 6. The quantitative estimate of drug-likeness (QED) is 0.798. The van der Waals surface area contributed by atoms with E-state index in [1.807, 2.05) is 6.92 Å². The van der Waals surface area contributed by atoms with Crippen LogP contribution in [-0.4, -0.2) is 44.7 Å². The maximum Gasteiger partial charge on any atom is 0.156 e. The van der Waals surface area contributed by atoms with Crippen molar-refractivity contribution < 1.29 is 13.2 Å². The van der Waals surface area contributed by atoms with Crippen molar-refractivity contribution in [3.8, 4) is 0 Å². The minimum Gasteiger partial charge on any atom is -0.377 e. The van der Waals surface area contributed by atoms with Gasteiger partial charge in [0.05, 0.1) is 17.1 Å². The van der Waals surface area contributed by atoms with Gasteiger partial charge in [-0.3, -0.25) is 0 Å². The van der Waals surface area contributed by atoms with Crippen molar-refractivity contribution in [2.45, 2.75) is 62.8 Å². The van der Waals surface area contributed by atoms with Crippen LogP contribution in [0.15, 0.2) is 0 Å². The minimum absolute atomic E-state index is 0.0658. The van der Waals surface area contributed by atoms with Crippen molar-refractivity contribution in [2.75, 3.05) is 18.9 Å². The fourth-order valence-electron chi connectivity index (χ4n) is 2.79. The van der Waals surface area contributed by atoms with Crippen LogP contribution in [0.4, 0.5) is 0 Å². The van der Waals surface area contributed by atoms with E-state index in [1.54, 1.807) is 0 Å². The summed E-state index contributed by atoms with van der Waals surface area (Å²) in [7, 11) is -3.02. The lowest BCUT2D eigenvalue weighted by atomic mass is 10.2. The lowest BCUT2D eigenvalue weighted by molar-refractivity contribution is 0.127. The van der Waals surface area contributed by atoms with Gasteiger partial charge in [0.2, 0.25) is 0 Å². The third-order valence-corrected chi connectivity index (χ3v) is 6.33. The van der Waals surface area contributed by atoms with E-state index >= 15 is 0 Å². The molecule has 2 fully saturated rings. The Bertz CT molecular complexity index is 343. The summed E-state index contributed by atoms with van der Waals surface area (Å²) in [4.78, 5) is 0. The third kappa shape index (κ3) is 3.93. The molecule has 106 valence electrons. The van der Waals surface area contributed by atoms with Gasteiger partial charge in [-0.15, -0.1) is 0 Å². The smallest absolute Gasteiger partial charge is 0.156 e. The van der Waals surface area contributed by atoms with E-state index in [4.69, 9.17) is 4.74 Å². The first-order chi connectivity index (χ1) is 8.58. The number of hydrogen-bond acceptors (Lipinski definition) is 4. The van der Waals surface area contributed by atoms with Gasteiger partial charge in [0.25, 0.3) is 0 Å². The molecule has 5 heteroatoms. The highest BCUT2D eigenvalue weighted by Gasteiger charge is 2.28. The zero-order valence-electron chi connectivity index (χ0n) is 11.2. The average Bonchev–Trinajstić information content (AvgIpc) is 2.97. The van der Waals surface area contributed by atoms with Gasteiger partial charge in [0, 0.05) is 19.2 Å². The molecule has 1 saturated carbocycles. The Labute approximate surface area is 110 Å². The molecule has 1 aliphatic carbocycles. The van der Waals surface area contributed by atoms with Gasteiger partial charge in [0.1, 0.15) is 0 Å². The predicted molar refractivity (Wildman–Crippen MR) is 72.5 cm³/mol. The molecule has 2 aliphatic rings. The largest absolute Gasteiger partial charge is 0.377 e. The van der Waals surface area contributed by atoms with Crippen LogP contribution in [0.3, 0.4) is 0 Å². The molecule has 18 heavy (non-hydrogen) atoms. The second-order valence-corrected chi connectivity index (χ2v) is 8.13. The van der Waals surface area contributed by atoms with Crippen LogP contribution >= 0.6 is 0 Å². The molecule has 1 N–H and O–H groups in total. The molecule has 2 rings (SSSR count). The first kappa shape index (κ1) is 14.3. The predicted octanol–water partition coefficient (Wildman–Crippen LogP) is 1.50. The maximum absolute atomic E-state index is 12.2. The highest BCUT2D eigenvalue weighted by atomic mass is 32.2. The lowest BCUT2D eigenvalue weighted by Gasteiger charge is -2.19. The Kier molecular flexibility index (Phi) is 5.04. The van der Waals surface area contributed by atoms with Gasteiger partial charge in [-0.25, -0.2) is 8.42 Å². The van der Waals surface area contributed by atoms with Crippen molar-refractivity contribution in [2.24, 2.45) is 0 Å². The van der Waals surface area contributed by atoms with E-state index in [2.05, 4.69) is 5.32 Å². The molecule has 0 spiro atoms. The van der Waals surface area contributed by atoms with E-state index in [9.17, 15) is 8.42 Å². The summed E-state index contributed by atoms with van der Waals surface area (Å²) in [6.07, 6.45) is 6.75. The van der Waals surface area contributed by atoms with E-state index in [-0.39, 0.29) is 17.1 Å². The van der Waals surface area contributed by atoms with Gasteiger partial charge < -0.3 is 10.1 Å². The zero-order chi connectivity index (χ0) is 13.0. The summed E-state index contributed by atoms with van der Waals surface area (Å²) in [5.74, 6) is 0.195. The molecule has 0 aromatic rings. The molecular weight excluding hydrogens is 250 g/mol. The molecule has 0 radical (unpaired) electrons. The Balaban J connectivity index is 1.76. The van der Waals surface area contributed by atoms with E-state index in [0.29, 0.717) is 12.6 Å². The summed E-state index contributed by atoms with van der Waals surface area (Å²) in [5, 5.41) is 3.09. The number of ether oxygens (including phenoxy) is 1. The molecule has 0 amide bonds. The topological polar surface area (TPSA) is 55.4 Å². The zero-order valence-corrected chi connectivity index (χ0v) is 12.0. The fourth-order valence-corrected chi connectivity index (χ4v) is 4.25. The molecule has 1 saturated heterocycles. The average molecular weight is 275 g/mol. The monoisotopic (exact) mass is 275 g/mol. The molecule has 4 nitrogen and oxygen atoms in total. The van der Waals surface area contributed by atoms with Gasteiger partial charge >= 0.3 is 0 Å². The van der Waals surface area contributed by atoms with Crippen LogP contribution in [0.25, 0.3) is 0 Å². The van der Waals surface area contributed by atoms with Crippen molar-refractivity contribution in [1.82, 2.24) is 5.32 Å². The fraction of sp³-hybridized carbons (Fsp3) is 1.00. The Morgan fingerprint density at radius 3 is 2.56 bits per heavy atom. The normalized spacial score (nSPS) is 27.7. The second kappa shape index (κ2) is 6.35. The highest BCUT2D eigenvalue weighted by Crippen LogP contribution is 2.19. The molecule has 0 aromatic heterocycles. The number of nitrogens with one attached hydrogen (secondary N) is 1. The number of hydrogen-bond donors (Lipinski definition) is 1. The third-order valence-electron chi connectivity index (χ3n) is 4.10. The molecule has 2 unspecified atom stereocenters. The van der Waals surface area contributed by atoms with Crippen LogP contribution in [-0.2, 0) is 14.6 Å². The lowest BCUT2D eigenvalue weighted by Crippen LogP contribution is -2.39. The van der Waals surface area contributed by atoms with Gasteiger partial charge in [-0.05, 0) is 32.6 Å². The molecule has 1 aliphatic heterocycles.